The van der Waals surface area contributed by atoms with Gasteiger partial charge in [-0.05, 0) is 20.9 Å². The average Bonchev–Trinajstić information content (AvgIpc) is 2.65. The van der Waals surface area contributed by atoms with Gasteiger partial charge in [-0.2, -0.15) is 8.78 Å². The molecule has 0 aliphatic carbocycles. The van der Waals surface area contributed by atoms with E-state index in [1.807, 2.05) is 0 Å². The van der Waals surface area contributed by atoms with Gasteiger partial charge in [0.25, 0.3) is 0 Å². The highest BCUT2D eigenvalue weighted by Crippen LogP contribution is 2.18. The van der Waals surface area contributed by atoms with Crippen molar-refractivity contribution in [3.8, 4) is 0 Å². The van der Waals surface area contributed by atoms with Gasteiger partial charge in [-0.15, -0.1) is 0 Å². The summed E-state index contributed by atoms with van der Waals surface area (Å²) in [6, 6.07) is 0. The number of alkyl halides is 2. The van der Waals surface area contributed by atoms with Gasteiger partial charge in [0, 0.05) is 12.4 Å². The van der Waals surface area contributed by atoms with Crippen molar-refractivity contribution in [2.24, 2.45) is 0 Å². The number of nitrogens with zero attached hydrogens (tertiary/aromatic N) is 3. The van der Waals surface area contributed by atoms with Crippen molar-refractivity contribution >= 4 is 5.97 Å². The predicted molar refractivity (Wildman–Crippen MR) is 56.7 cm³/mol. The van der Waals surface area contributed by atoms with E-state index in [1.54, 1.807) is 7.05 Å². The molecular formula is C10H15F2N3O2. The lowest BCUT2D eigenvalue weighted by atomic mass is 10.0. The van der Waals surface area contributed by atoms with Crippen molar-refractivity contribution in [1.82, 2.24) is 14.5 Å². The van der Waals surface area contributed by atoms with Crippen LogP contribution in [0.2, 0.25) is 0 Å². The van der Waals surface area contributed by atoms with E-state index >= 15 is 0 Å². The normalized spacial score (nSPS) is 12.4. The van der Waals surface area contributed by atoms with Crippen LogP contribution in [0.25, 0.3) is 0 Å². The van der Waals surface area contributed by atoms with Crippen LogP contribution in [-0.2, 0) is 11.3 Å². The fraction of sp³-hybridized carbons (Fsp3) is 0.600. The number of carbonyl (C=O) groups is 1. The van der Waals surface area contributed by atoms with E-state index in [4.69, 9.17) is 5.11 Å². The molecule has 0 saturated carbocycles. The highest BCUT2D eigenvalue weighted by Gasteiger charge is 2.32. The number of carboxylic acid groups (broad SMARTS) is 1. The largest absolute Gasteiger partial charge is 0.480 e. The van der Waals surface area contributed by atoms with Crippen LogP contribution in [0.4, 0.5) is 8.78 Å². The molecule has 0 fully saturated rings. The van der Waals surface area contributed by atoms with Gasteiger partial charge in [-0.3, -0.25) is 14.3 Å². The number of imidazole rings is 1. The smallest absolute Gasteiger partial charge is 0.323 e. The molecule has 0 aliphatic rings. The molecule has 0 spiro atoms. The summed E-state index contributed by atoms with van der Waals surface area (Å²) in [5, 5.41) is 9.00. The molecule has 1 aromatic heterocycles. The van der Waals surface area contributed by atoms with E-state index in [0.717, 1.165) is 0 Å². The van der Waals surface area contributed by atoms with Crippen molar-refractivity contribution in [1.29, 1.82) is 0 Å². The van der Waals surface area contributed by atoms with Crippen LogP contribution in [-0.4, -0.2) is 38.1 Å². The van der Waals surface area contributed by atoms with Crippen molar-refractivity contribution in [3.63, 3.8) is 0 Å². The lowest BCUT2D eigenvalue weighted by Gasteiger charge is -2.31. The number of rotatable bonds is 5. The number of carboxylic acids is 1. The minimum atomic E-state index is -2.67. The third kappa shape index (κ3) is 2.79. The summed E-state index contributed by atoms with van der Waals surface area (Å²) in [7, 11) is 1.55. The zero-order valence-electron chi connectivity index (χ0n) is 9.89. The molecule has 7 heteroatoms. The Morgan fingerprint density at radius 1 is 1.65 bits per heavy atom. The first-order chi connectivity index (χ1) is 7.76. The minimum absolute atomic E-state index is 0.0383. The van der Waals surface area contributed by atoms with Crippen molar-refractivity contribution < 1.29 is 18.7 Å². The summed E-state index contributed by atoms with van der Waals surface area (Å²) in [4.78, 5) is 16.2. The Hall–Kier alpha value is -1.50. The highest BCUT2D eigenvalue weighted by atomic mass is 19.3. The molecule has 1 rings (SSSR count). The molecule has 0 saturated heterocycles. The highest BCUT2D eigenvalue weighted by molar-refractivity contribution is 5.77. The second kappa shape index (κ2) is 4.79. The lowest BCUT2D eigenvalue weighted by Crippen LogP contribution is -2.47. The Labute approximate surface area is 97.7 Å². The van der Waals surface area contributed by atoms with Crippen LogP contribution in [0.1, 0.15) is 26.2 Å². The van der Waals surface area contributed by atoms with Gasteiger partial charge in [0.1, 0.15) is 11.4 Å². The summed E-state index contributed by atoms with van der Waals surface area (Å²) in [6.45, 7) is 0.376. The molecule has 1 aromatic rings. The van der Waals surface area contributed by atoms with Gasteiger partial charge in [0.05, 0.1) is 6.54 Å². The van der Waals surface area contributed by atoms with E-state index in [-0.39, 0.29) is 12.4 Å². The molecule has 17 heavy (non-hydrogen) atoms. The average molecular weight is 247 g/mol. The zero-order valence-corrected chi connectivity index (χ0v) is 9.89. The SMILES string of the molecule is CN(Cc1nccn1C(F)F)C(C)(C)C(=O)O. The van der Waals surface area contributed by atoms with Crippen LogP contribution in [0, 0.1) is 0 Å². The maximum Gasteiger partial charge on any atom is 0.323 e. The Bertz CT molecular complexity index is 404. The molecule has 0 unspecified atom stereocenters. The summed E-state index contributed by atoms with van der Waals surface area (Å²) >= 11 is 0. The van der Waals surface area contributed by atoms with E-state index < -0.39 is 18.1 Å². The number of hydrogen-bond acceptors (Lipinski definition) is 3. The summed E-state index contributed by atoms with van der Waals surface area (Å²) in [6.07, 6.45) is 2.44. The van der Waals surface area contributed by atoms with Gasteiger partial charge in [0.15, 0.2) is 0 Å². The van der Waals surface area contributed by atoms with Crippen LogP contribution < -0.4 is 0 Å². The molecule has 0 aliphatic heterocycles. The Morgan fingerprint density at radius 3 is 2.71 bits per heavy atom. The first kappa shape index (κ1) is 13.6. The fourth-order valence-corrected chi connectivity index (χ4v) is 1.22. The van der Waals surface area contributed by atoms with E-state index in [9.17, 15) is 13.6 Å². The van der Waals surface area contributed by atoms with Crippen LogP contribution in [0.3, 0.4) is 0 Å². The van der Waals surface area contributed by atoms with Gasteiger partial charge in [-0.25, -0.2) is 4.98 Å². The first-order valence-electron chi connectivity index (χ1n) is 5.01. The van der Waals surface area contributed by atoms with Gasteiger partial charge in [-0.1, -0.05) is 0 Å². The summed E-state index contributed by atoms with van der Waals surface area (Å²) < 4.78 is 25.8. The maximum atomic E-state index is 12.6. The number of aliphatic carboxylic acids is 1. The van der Waals surface area contributed by atoms with Crippen molar-refractivity contribution in [2.75, 3.05) is 7.05 Å². The third-order valence-electron chi connectivity index (χ3n) is 2.82. The number of aromatic nitrogens is 2. The second-order valence-electron chi connectivity index (χ2n) is 4.25. The monoisotopic (exact) mass is 247 g/mol. The van der Waals surface area contributed by atoms with E-state index in [1.165, 1.54) is 31.1 Å². The van der Waals surface area contributed by atoms with Crippen LogP contribution in [0.15, 0.2) is 12.4 Å². The Morgan fingerprint density at radius 2 is 2.24 bits per heavy atom. The van der Waals surface area contributed by atoms with E-state index in [2.05, 4.69) is 4.98 Å². The molecule has 0 atom stereocenters. The quantitative estimate of drug-likeness (QED) is 0.858. The van der Waals surface area contributed by atoms with E-state index in [0.29, 0.717) is 4.57 Å². The molecule has 0 bridgehead atoms. The number of halogens is 2. The van der Waals surface area contributed by atoms with Crippen LogP contribution >= 0.6 is 0 Å². The molecule has 5 nitrogen and oxygen atoms in total. The molecule has 96 valence electrons. The summed E-state index contributed by atoms with van der Waals surface area (Å²) in [5.41, 5.74) is -1.14. The molecule has 0 aromatic carbocycles. The second-order valence-corrected chi connectivity index (χ2v) is 4.25. The fourth-order valence-electron chi connectivity index (χ4n) is 1.22. The summed E-state index contributed by atoms with van der Waals surface area (Å²) in [5.74, 6) is -0.882. The lowest BCUT2D eigenvalue weighted by molar-refractivity contribution is -0.148. The zero-order chi connectivity index (χ0) is 13.2. The third-order valence-corrected chi connectivity index (χ3v) is 2.82. The van der Waals surface area contributed by atoms with Crippen LogP contribution in [0.5, 0.6) is 0 Å². The van der Waals surface area contributed by atoms with Gasteiger partial charge in [0.2, 0.25) is 0 Å². The molecule has 0 radical (unpaired) electrons. The predicted octanol–water partition coefficient (Wildman–Crippen LogP) is 1.57. The Kier molecular flexibility index (Phi) is 3.82. The number of hydrogen-bond donors (Lipinski definition) is 1. The molecule has 1 heterocycles. The van der Waals surface area contributed by atoms with Gasteiger partial charge >= 0.3 is 12.5 Å². The van der Waals surface area contributed by atoms with Crippen molar-refractivity contribution in [2.45, 2.75) is 32.5 Å². The maximum absolute atomic E-state index is 12.6. The van der Waals surface area contributed by atoms with Gasteiger partial charge < -0.3 is 5.11 Å². The Balaban J connectivity index is 2.85. The standard InChI is InChI=1S/C10H15F2N3O2/c1-10(2,8(16)17)14(3)6-7-13-4-5-15(7)9(11)12/h4-5,9H,6H2,1-3H3,(H,16,17). The topological polar surface area (TPSA) is 58.4 Å². The molecular weight excluding hydrogens is 232 g/mol. The molecule has 1 N–H and O–H groups in total. The minimum Gasteiger partial charge on any atom is -0.480 e. The van der Waals surface area contributed by atoms with Crippen molar-refractivity contribution in [3.05, 3.63) is 18.2 Å². The first-order valence-corrected chi connectivity index (χ1v) is 5.01. The molecule has 0 amide bonds. The number of likely N-dealkylation sites (N-methyl/N-ethyl adjacent to an activating group) is 1.